The molecule has 3 fully saturated rings. The maximum absolute atomic E-state index is 10.3. The topological polar surface area (TPSA) is 181 Å². The second-order valence-corrected chi connectivity index (χ2v) is 25.2. The molecule has 3 N–H and O–H groups in total. The number of benzene rings is 8. The number of hydrogen-bond acceptors (Lipinski definition) is 17. The summed E-state index contributed by atoms with van der Waals surface area (Å²) in [6, 6.07) is 60.8. The van der Waals surface area contributed by atoms with Crippen LogP contribution < -0.4 is 49.1 Å². The summed E-state index contributed by atoms with van der Waals surface area (Å²) in [4.78, 5) is 32.5. The minimum absolute atomic E-state index is 0.248. The Kier molecular flexibility index (Phi) is 25.3. The first-order chi connectivity index (χ1) is 49.3. The van der Waals surface area contributed by atoms with Gasteiger partial charge in [-0.2, -0.15) is 0 Å². The number of para-hydroxylation sites is 9. The van der Waals surface area contributed by atoms with Gasteiger partial charge in [0.2, 0.25) is 13.6 Å². The lowest BCUT2D eigenvalue weighted by molar-refractivity contribution is 0.112. The summed E-state index contributed by atoms with van der Waals surface area (Å²) in [6.45, 7) is 18.6. The van der Waals surface area contributed by atoms with Crippen LogP contribution in [0.25, 0.3) is 33.1 Å². The average molecular weight is 1370 g/mol. The number of methoxy groups -OCH3 is 3. The van der Waals surface area contributed by atoms with Crippen LogP contribution in [0.15, 0.2) is 182 Å². The molecule has 0 bridgehead atoms. The molecule has 100 heavy (non-hydrogen) atoms. The first-order valence-electron chi connectivity index (χ1n) is 34.6. The Morgan fingerprint density at radius 1 is 0.400 bits per heavy atom. The predicted octanol–water partition coefficient (Wildman–Crippen LogP) is 12.0. The molecule has 5 aliphatic rings. The van der Waals surface area contributed by atoms with E-state index < -0.39 is 0 Å². The zero-order valence-corrected chi connectivity index (χ0v) is 58.3. The molecule has 522 valence electrons. The van der Waals surface area contributed by atoms with Crippen molar-refractivity contribution in [2.75, 3.05) is 113 Å². The molecular formula is C79H91ClN12O8. The van der Waals surface area contributed by atoms with Gasteiger partial charge in [0.05, 0.1) is 93.0 Å². The van der Waals surface area contributed by atoms with Crippen molar-refractivity contribution in [1.82, 2.24) is 59.3 Å². The monoisotopic (exact) mass is 1370 g/mol. The normalized spacial score (nSPS) is 15.3. The molecule has 0 atom stereocenters. The molecule has 21 heteroatoms. The van der Waals surface area contributed by atoms with Crippen molar-refractivity contribution in [1.29, 1.82) is 0 Å². The van der Waals surface area contributed by atoms with Crippen molar-refractivity contribution < 1.29 is 38.0 Å². The summed E-state index contributed by atoms with van der Waals surface area (Å²) in [6.07, 6.45) is 4.38. The van der Waals surface area contributed by atoms with E-state index in [1.54, 1.807) is 39.5 Å². The minimum atomic E-state index is 0.248. The van der Waals surface area contributed by atoms with Gasteiger partial charge < -0.3 is 62.8 Å². The van der Waals surface area contributed by atoms with Crippen molar-refractivity contribution in [3.8, 4) is 40.2 Å². The number of nitrogens with zero attached hydrogens (tertiary/aromatic N) is 9. The molecule has 5 aliphatic heterocycles. The third-order valence-corrected chi connectivity index (χ3v) is 18.5. The second kappa shape index (κ2) is 36.0. The first kappa shape index (κ1) is 70.4. The zero-order valence-electron chi connectivity index (χ0n) is 57.5. The van der Waals surface area contributed by atoms with E-state index in [1.807, 2.05) is 66.7 Å². The van der Waals surface area contributed by atoms with Gasteiger partial charge in [-0.1, -0.05) is 97.1 Å². The molecule has 3 saturated heterocycles. The summed E-state index contributed by atoms with van der Waals surface area (Å²) in [5.41, 5.74) is 11.8. The molecule has 20 nitrogen and oxygen atoms in total. The van der Waals surface area contributed by atoms with Gasteiger partial charge in [0.1, 0.15) is 41.0 Å². The fourth-order valence-corrected chi connectivity index (χ4v) is 13.3. The minimum Gasteiger partial charge on any atom is -0.496 e. The van der Waals surface area contributed by atoms with Gasteiger partial charge in [0.15, 0.2) is 23.0 Å². The number of carbonyl (C=O) groups is 1. The highest BCUT2D eigenvalue weighted by Crippen LogP contribution is 2.35. The molecule has 11 aromatic rings. The first-order valence-corrected chi connectivity index (χ1v) is 35.1. The number of nitrogens with one attached hydrogen (secondary N) is 3. The maximum atomic E-state index is 10.3. The molecule has 0 spiro atoms. The van der Waals surface area contributed by atoms with Crippen molar-refractivity contribution in [3.05, 3.63) is 227 Å². The number of fused-ring (bicyclic) bond motifs is 5. The van der Waals surface area contributed by atoms with Crippen molar-refractivity contribution in [2.24, 2.45) is 0 Å². The highest BCUT2D eigenvalue weighted by Gasteiger charge is 2.23. The van der Waals surface area contributed by atoms with Crippen LogP contribution in [0.1, 0.15) is 69.3 Å². The highest BCUT2D eigenvalue weighted by atomic mass is 35.5. The largest absolute Gasteiger partial charge is 0.496 e. The number of rotatable bonds is 17. The predicted molar refractivity (Wildman–Crippen MR) is 394 cm³/mol. The molecule has 16 rings (SSSR count). The van der Waals surface area contributed by atoms with E-state index in [2.05, 4.69) is 146 Å². The Bertz CT molecular complexity index is 4400. The van der Waals surface area contributed by atoms with Crippen LogP contribution in [0, 0.1) is 0 Å². The fourth-order valence-electron chi connectivity index (χ4n) is 13.1. The summed E-state index contributed by atoms with van der Waals surface area (Å²) >= 11 is 6.03. The molecule has 3 aromatic heterocycles. The number of ether oxygens (including phenoxy) is 7. The summed E-state index contributed by atoms with van der Waals surface area (Å²) in [5, 5.41) is 10.0. The van der Waals surface area contributed by atoms with Crippen LogP contribution >= 0.6 is 11.6 Å². The van der Waals surface area contributed by atoms with Crippen LogP contribution in [0.2, 0.25) is 0 Å². The molecular weight excluding hydrogens is 1280 g/mol. The van der Waals surface area contributed by atoms with Gasteiger partial charge in [0, 0.05) is 68.1 Å². The number of imidazole rings is 3. The maximum Gasteiger partial charge on any atom is 0.231 e. The van der Waals surface area contributed by atoms with Crippen LogP contribution in [-0.4, -0.2) is 163 Å². The second-order valence-electron chi connectivity index (χ2n) is 24.9. The van der Waals surface area contributed by atoms with Crippen molar-refractivity contribution in [3.63, 3.8) is 0 Å². The SMILES string of the molecule is C1CNCCNC1.COc1ccccc1Cn1c(CCl)nc2ccccc21.COc1ccccc1Cn1c(CN2CCCN(Cc3ccc4c(c3)OCO4)CC2)nc2ccccc21.COc1ccccc1Cn1c(CN2CCCNCC2)nc2ccccc21.O=Cc1ccc2c(c1)OCO2. The van der Waals surface area contributed by atoms with Gasteiger partial charge in [-0.15, -0.1) is 11.6 Å². The Morgan fingerprint density at radius 3 is 1.32 bits per heavy atom. The van der Waals surface area contributed by atoms with Crippen molar-refractivity contribution >= 4 is 51.0 Å². The molecule has 0 radical (unpaired) electrons. The van der Waals surface area contributed by atoms with Crippen LogP contribution in [0.3, 0.4) is 0 Å². The van der Waals surface area contributed by atoms with Gasteiger partial charge in [-0.25, -0.2) is 15.0 Å². The van der Waals surface area contributed by atoms with E-state index in [0.717, 1.165) is 196 Å². The number of alkyl halides is 1. The third kappa shape index (κ3) is 18.5. The van der Waals surface area contributed by atoms with Gasteiger partial charge in [0.25, 0.3) is 0 Å². The van der Waals surface area contributed by atoms with E-state index in [9.17, 15) is 4.79 Å². The van der Waals surface area contributed by atoms with Gasteiger partial charge >= 0.3 is 0 Å². The Labute approximate surface area is 590 Å². The van der Waals surface area contributed by atoms with E-state index in [-0.39, 0.29) is 6.79 Å². The van der Waals surface area contributed by atoms with E-state index in [0.29, 0.717) is 36.3 Å². The van der Waals surface area contributed by atoms with Gasteiger partial charge in [-0.3, -0.25) is 19.5 Å². The van der Waals surface area contributed by atoms with Crippen LogP contribution in [-0.2, 0) is 45.1 Å². The molecule has 0 unspecified atom stereocenters. The lowest BCUT2D eigenvalue weighted by Crippen LogP contribution is -2.31. The third-order valence-electron chi connectivity index (χ3n) is 18.3. The lowest BCUT2D eigenvalue weighted by Gasteiger charge is -2.22. The highest BCUT2D eigenvalue weighted by molar-refractivity contribution is 6.16. The Morgan fingerprint density at radius 2 is 0.810 bits per heavy atom. The van der Waals surface area contributed by atoms with E-state index >= 15 is 0 Å². The Balaban J connectivity index is 0.000000130. The molecule has 0 saturated carbocycles. The molecule has 8 aromatic carbocycles. The zero-order chi connectivity index (χ0) is 68.7. The Hall–Kier alpha value is -9.51. The smallest absolute Gasteiger partial charge is 0.231 e. The lowest BCUT2D eigenvalue weighted by atomic mass is 10.2. The van der Waals surface area contributed by atoms with Crippen LogP contribution in [0.4, 0.5) is 0 Å². The van der Waals surface area contributed by atoms with Crippen LogP contribution in [0.5, 0.6) is 40.2 Å². The van der Waals surface area contributed by atoms with Gasteiger partial charge in [-0.05, 0) is 149 Å². The number of hydrogen-bond donors (Lipinski definition) is 3. The molecule has 8 heterocycles. The number of carbonyl (C=O) groups excluding carboxylic acids is 1. The summed E-state index contributed by atoms with van der Waals surface area (Å²) in [5.74, 6) is 9.27. The quantitative estimate of drug-likeness (QED) is 0.0578. The summed E-state index contributed by atoms with van der Waals surface area (Å²) < 4.78 is 44.6. The standard InChI is InChI=1S/C29H32N4O3.C21H26N4O.C16H15ClN2O.C8H6O3.C5H12N2/c1-34-26-10-5-2-7-23(26)19-33-25-9-4-3-8-24(25)30-29(33)20-32-14-6-13-31(15-16-32)18-22-11-12-27-28(17-22)36-21-35-27;1-26-20-10-5-2-7-17(20)15-25-19-9-4-3-8-18(19)23-21(25)16-24-13-6-11-22-12-14-24;1-20-15-9-5-2-6-12(15)11-19-14-8-4-3-7-13(14)18-16(19)10-17;9-4-6-1-2-7-8(3-6)11-5-10-7;1-2-6-4-5-7-3-1/h2-5,7-12,17H,6,13-16,18-21H2,1H3;2-5,7-10,22H,6,11-16H2,1H3;2-9H,10-11H2,1H3;1-4H,5H2;6-7H,1-5H2. The number of aldehydes is 1. The number of halogens is 1. The molecule has 0 aliphatic carbocycles. The van der Waals surface area contributed by atoms with E-state index in [1.165, 1.54) is 42.6 Å². The van der Waals surface area contributed by atoms with E-state index in [4.69, 9.17) is 54.7 Å². The summed E-state index contributed by atoms with van der Waals surface area (Å²) in [7, 11) is 5.15. The fraction of sp³-hybridized carbons (Fsp3) is 0.342. The van der Waals surface area contributed by atoms with Crippen molar-refractivity contribution in [2.45, 2.75) is 64.4 Å². The number of aromatic nitrogens is 6. The average Bonchev–Trinajstić information content (AvgIpc) is 1.65. The molecule has 0 amide bonds.